The summed E-state index contributed by atoms with van der Waals surface area (Å²) in [5, 5.41) is 7.87. The van der Waals surface area contributed by atoms with Gasteiger partial charge in [-0.1, -0.05) is 23.7 Å². The Morgan fingerprint density at radius 1 is 1.10 bits per heavy atom. The molecule has 0 aliphatic heterocycles. The number of aromatic nitrogens is 2. The van der Waals surface area contributed by atoms with Crippen LogP contribution in [0, 0.1) is 5.82 Å². The number of hydrogen-bond donors (Lipinski definition) is 1. The van der Waals surface area contributed by atoms with Gasteiger partial charge in [0.25, 0.3) is 0 Å². The van der Waals surface area contributed by atoms with E-state index in [2.05, 4.69) is 10.4 Å². The number of rotatable bonds is 3. The first-order valence-electron chi connectivity index (χ1n) is 6.44. The van der Waals surface area contributed by atoms with Crippen LogP contribution >= 0.6 is 11.6 Å². The fourth-order valence-corrected chi connectivity index (χ4v) is 2.31. The maximum atomic E-state index is 13.8. The average molecular weight is 302 g/mol. The van der Waals surface area contributed by atoms with Gasteiger partial charge in [-0.2, -0.15) is 5.10 Å². The molecule has 0 amide bonds. The SMILES string of the molecule is Cn1ncc(F)c1-c1cccc(Nc2ccc(Cl)cc2)c1. The first kappa shape index (κ1) is 13.6. The highest BCUT2D eigenvalue weighted by molar-refractivity contribution is 6.30. The lowest BCUT2D eigenvalue weighted by Gasteiger charge is -2.09. The molecule has 0 fully saturated rings. The van der Waals surface area contributed by atoms with Gasteiger partial charge in [0.1, 0.15) is 5.69 Å². The van der Waals surface area contributed by atoms with Gasteiger partial charge in [0, 0.05) is 29.0 Å². The Kier molecular flexibility index (Phi) is 3.62. The zero-order chi connectivity index (χ0) is 14.8. The van der Waals surface area contributed by atoms with Crippen LogP contribution in [0.5, 0.6) is 0 Å². The Morgan fingerprint density at radius 3 is 2.52 bits per heavy atom. The summed E-state index contributed by atoms with van der Waals surface area (Å²) in [7, 11) is 1.72. The number of aryl methyl sites for hydroxylation is 1. The Bertz CT molecular complexity index is 746. The monoisotopic (exact) mass is 301 g/mol. The molecule has 0 aliphatic rings. The minimum Gasteiger partial charge on any atom is -0.356 e. The van der Waals surface area contributed by atoms with Crippen LogP contribution in [0.4, 0.5) is 15.8 Å². The second kappa shape index (κ2) is 5.58. The molecule has 5 heteroatoms. The molecule has 0 atom stereocenters. The van der Waals surface area contributed by atoms with Crippen molar-refractivity contribution in [3.8, 4) is 11.3 Å². The van der Waals surface area contributed by atoms with Crippen molar-refractivity contribution in [2.75, 3.05) is 5.32 Å². The summed E-state index contributed by atoms with van der Waals surface area (Å²) >= 11 is 5.86. The highest BCUT2D eigenvalue weighted by Gasteiger charge is 2.10. The summed E-state index contributed by atoms with van der Waals surface area (Å²) in [4.78, 5) is 0. The van der Waals surface area contributed by atoms with Gasteiger partial charge in [-0.05, 0) is 36.4 Å². The van der Waals surface area contributed by atoms with Gasteiger partial charge < -0.3 is 5.32 Å². The van der Waals surface area contributed by atoms with Gasteiger partial charge in [0.05, 0.1) is 6.20 Å². The van der Waals surface area contributed by atoms with E-state index in [1.165, 1.54) is 10.9 Å². The summed E-state index contributed by atoms with van der Waals surface area (Å²) in [5.74, 6) is -0.332. The maximum absolute atomic E-state index is 13.8. The number of anilines is 2. The summed E-state index contributed by atoms with van der Waals surface area (Å²) in [6, 6.07) is 14.9. The van der Waals surface area contributed by atoms with E-state index >= 15 is 0 Å². The van der Waals surface area contributed by atoms with E-state index in [1.807, 2.05) is 48.5 Å². The lowest BCUT2D eigenvalue weighted by atomic mass is 10.1. The topological polar surface area (TPSA) is 29.9 Å². The molecule has 1 aromatic heterocycles. The zero-order valence-electron chi connectivity index (χ0n) is 11.3. The fourth-order valence-electron chi connectivity index (χ4n) is 2.18. The van der Waals surface area contributed by atoms with Crippen molar-refractivity contribution < 1.29 is 4.39 Å². The predicted octanol–water partition coefficient (Wildman–Crippen LogP) is 4.62. The smallest absolute Gasteiger partial charge is 0.169 e. The van der Waals surface area contributed by atoms with Gasteiger partial charge in [-0.25, -0.2) is 4.39 Å². The second-order valence-corrected chi connectivity index (χ2v) is 5.11. The molecule has 21 heavy (non-hydrogen) atoms. The molecule has 0 saturated heterocycles. The minimum absolute atomic E-state index is 0.332. The lowest BCUT2D eigenvalue weighted by molar-refractivity contribution is 0.629. The predicted molar refractivity (Wildman–Crippen MR) is 83.3 cm³/mol. The molecular weight excluding hydrogens is 289 g/mol. The largest absolute Gasteiger partial charge is 0.356 e. The van der Waals surface area contributed by atoms with Crippen LogP contribution in [0.3, 0.4) is 0 Å². The van der Waals surface area contributed by atoms with Crippen molar-refractivity contribution in [2.24, 2.45) is 7.05 Å². The standard InChI is InChI=1S/C16H13ClFN3/c1-21-16(15(18)10-19-21)11-3-2-4-14(9-11)20-13-7-5-12(17)6-8-13/h2-10,20H,1H3. The van der Waals surface area contributed by atoms with Crippen molar-refractivity contribution in [1.29, 1.82) is 0 Å². The van der Waals surface area contributed by atoms with Crippen LogP contribution in [0.2, 0.25) is 5.02 Å². The molecule has 3 rings (SSSR count). The summed E-state index contributed by atoms with van der Waals surface area (Å²) in [6.07, 6.45) is 1.22. The Balaban J connectivity index is 1.92. The summed E-state index contributed by atoms with van der Waals surface area (Å²) in [5.41, 5.74) is 3.03. The van der Waals surface area contributed by atoms with Crippen LogP contribution < -0.4 is 5.32 Å². The van der Waals surface area contributed by atoms with Crippen molar-refractivity contribution in [3.05, 3.63) is 65.6 Å². The molecule has 0 spiro atoms. The van der Waals surface area contributed by atoms with Crippen LogP contribution in [0.15, 0.2) is 54.7 Å². The third-order valence-corrected chi connectivity index (χ3v) is 3.41. The molecule has 0 aliphatic carbocycles. The molecule has 1 N–H and O–H groups in total. The number of nitrogens with one attached hydrogen (secondary N) is 1. The molecule has 2 aromatic carbocycles. The Hall–Kier alpha value is -2.33. The quantitative estimate of drug-likeness (QED) is 0.765. The van der Waals surface area contributed by atoms with Crippen molar-refractivity contribution in [2.45, 2.75) is 0 Å². The van der Waals surface area contributed by atoms with E-state index in [9.17, 15) is 4.39 Å². The van der Waals surface area contributed by atoms with Crippen LogP contribution in [-0.2, 0) is 7.05 Å². The molecule has 0 radical (unpaired) electrons. The van der Waals surface area contributed by atoms with Gasteiger partial charge in [0.15, 0.2) is 5.82 Å². The number of hydrogen-bond acceptors (Lipinski definition) is 2. The highest BCUT2D eigenvalue weighted by atomic mass is 35.5. The second-order valence-electron chi connectivity index (χ2n) is 4.68. The van der Waals surface area contributed by atoms with Gasteiger partial charge in [0.2, 0.25) is 0 Å². The van der Waals surface area contributed by atoms with E-state index in [-0.39, 0.29) is 5.82 Å². The fraction of sp³-hybridized carbons (Fsp3) is 0.0625. The number of benzene rings is 2. The van der Waals surface area contributed by atoms with Crippen LogP contribution in [-0.4, -0.2) is 9.78 Å². The van der Waals surface area contributed by atoms with E-state index in [1.54, 1.807) is 7.05 Å². The third kappa shape index (κ3) is 2.90. The molecule has 3 aromatic rings. The Labute approximate surface area is 127 Å². The summed E-state index contributed by atoms with van der Waals surface area (Å²) in [6.45, 7) is 0. The third-order valence-electron chi connectivity index (χ3n) is 3.16. The van der Waals surface area contributed by atoms with E-state index in [0.717, 1.165) is 16.9 Å². The van der Waals surface area contributed by atoms with Gasteiger partial charge in [-0.15, -0.1) is 0 Å². The zero-order valence-corrected chi connectivity index (χ0v) is 12.1. The van der Waals surface area contributed by atoms with E-state index < -0.39 is 0 Å². The average Bonchev–Trinajstić information content (AvgIpc) is 2.81. The molecule has 0 saturated carbocycles. The van der Waals surface area contributed by atoms with Crippen LogP contribution in [0.1, 0.15) is 0 Å². The Morgan fingerprint density at radius 2 is 1.86 bits per heavy atom. The number of nitrogens with zero attached hydrogens (tertiary/aromatic N) is 2. The summed E-state index contributed by atoms with van der Waals surface area (Å²) < 4.78 is 15.3. The normalized spacial score (nSPS) is 10.6. The number of halogens is 2. The molecule has 106 valence electrons. The molecule has 0 bridgehead atoms. The maximum Gasteiger partial charge on any atom is 0.169 e. The minimum atomic E-state index is -0.332. The van der Waals surface area contributed by atoms with Gasteiger partial charge in [-0.3, -0.25) is 4.68 Å². The van der Waals surface area contributed by atoms with E-state index in [0.29, 0.717) is 10.7 Å². The highest BCUT2D eigenvalue weighted by Crippen LogP contribution is 2.26. The molecule has 1 heterocycles. The molecule has 3 nitrogen and oxygen atoms in total. The molecular formula is C16H13ClFN3. The van der Waals surface area contributed by atoms with E-state index in [4.69, 9.17) is 11.6 Å². The lowest BCUT2D eigenvalue weighted by Crippen LogP contribution is -1.96. The van der Waals surface area contributed by atoms with Crippen molar-refractivity contribution in [3.63, 3.8) is 0 Å². The van der Waals surface area contributed by atoms with Crippen molar-refractivity contribution >= 4 is 23.0 Å². The first-order valence-corrected chi connectivity index (χ1v) is 6.82. The van der Waals surface area contributed by atoms with Gasteiger partial charge >= 0.3 is 0 Å². The first-order chi connectivity index (χ1) is 10.1. The van der Waals surface area contributed by atoms with Crippen molar-refractivity contribution in [1.82, 2.24) is 9.78 Å². The van der Waals surface area contributed by atoms with Crippen LogP contribution in [0.25, 0.3) is 11.3 Å². The molecule has 0 unspecified atom stereocenters.